The first kappa shape index (κ1) is 15.7. The van der Waals surface area contributed by atoms with Gasteiger partial charge < -0.3 is 4.74 Å². The molecule has 0 unspecified atom stereocenters. The minimum atomic E-state index is -0.365. The van der Waals surface area contributed by atoms with E-state index >= 15 is 0 Å². The lowest BCUT2D eigenvalue weighted by molar-refractivity contribution is -0.137. The summed E-state index contributed by atoms with van der Waals surface area (Å²) in [5, 5.41) is 0. The van der Waals surface area contributed by atoms with Crippen molar-refractivity contribution >= 4 is 17.8 Å². The molecule has 22 heavy (non-hydrogen) atoms. The summed E-state index contributed by atoms with van der Waals surface area (Å²) in [5.74, 6) is -0.365. The molecule has 0 amide bonds. The molecule has 0 aliphatic rings. The Bertz CT molecular complexity index is 632. The van der Waals surface area contributed by atoms with E-state index in [0.29, 0.717) is 12.2 Å². The summed E-state index contributed by atoms with van der Waals surface area (Å²) in [6.07, 6.45) is 1.56. The molecule has 0 spiro atoms. The fourth-order valence-corrected chi connectivity index (χ4v) is 2.24. The standard InChI is InChI=1S/C19H19NO2/c1-3-22-19(21)17(14-20-2)18(15-10-6-4-7-11-15)16-12-8-5-9-13-16/h4-14H,3H2,1-2H3. The molecular weight excluding hydrogens is 274 g/mol. The molecule has 0 heterocycles. The highest BCUT2D eigenvalue weighted by molar-refractivity contribution is 6.18. The lowest BCUT2D eigenvalue weighted by atomic mass is 9.93. The van der Waals surface area contributed by atoms with Crippen LogP contribution in [0.15, 0.2) is 71.2 Å². The van der Waals surface area contributed by atoms with Crippen molar-refractivity contribution in [2.75, 3.05) is 13.7 Å². The number of hydrogen-bond acceptors (Lipinski definition) is 3. The van der Waals surface area contributed by atoms with Crippen LogP contribution in [0.2, 0.25) is 0 Å². The summed E-state index contributed by atoms with van der Waals surface area (Å²) < 4.78 is 5.19. The highest BCUT2D eigenvalue weighted by Gasteiger charge is 2.17. The van der Waals surface area contributed by atoms with E-state index in [2.05, 4.69) is 4.99 Å². The first-order valence-corrected chi connectivity index (χ1v) is 7.22. The average molecular weight is 293 g/mol. The van der Waals surface area contributed by atoms with Crippen molar-refractivity contribution in [2.45, 2.75) is 6.92 Å². The Morgan fingerprint density at radius 3 is 1.91 bits per heavy atom. The zero-order chi connectivity index (χ0) is 15.8. The number of aliphatic imine (C=N–C) groups is 1. The third kappa shape index (κ3) is 3.70. The van der Waals surface area contributed by atoms with Crippen molar-refractivity contribution < 1.29 is 9.53 Å². The molecule has 0 saturated heterocycles. The maximum Gasteiger partial charge on any atom is 0.340 e. The van der Waals surface area contributed by atoms with E-state index in [9.17, 15) is 4.79 Å². The minimum Gasteiger partial charge on any atom is -0.462 e. The van der Waals surface area contributed by atoms with E-state index in [4.69, 9.17) is 4.74 Å². The normalized spacial score (nSPS) is 10.5. The zero-order valence-corrected chi connectivity index (χ0v) is 12.8. The Labute approximate surface area is 131 Å². The molecule has 3 heteroatoms. The molecule has 0 saturated carbocycles. The summed E-state index contributed by atoms with van der Waals surface area (Å²) in [7, 11) is 1.65. The molecule has 0 N–H and O–H groups in total. The van der Waals surface area contributed by atoms with Crippen LogP contribution in [0.25, 0.3) is 5.57 Å². The smallest absolute Gasteiger partial charge is 0.340 e. The van der Waals surface area contributed by atoms with Gasteiger partial charge in [0.05, 0.1) is 12.2 Å². The van der Waals surface area contributed by atoms with Crippen LogP contribution in [0, 0.1) is 0 Å². The van der Waals surface area contributed by atoms with E-state index in [-0.39, 0.29) is 5.97 Å². The number of rotatable bonds is 5. The van der Waals surface area contributed by atoms with E-state index in [1.165, 1.54) is 0 Å². The van der Waals surface area contributed by atoms with Gasteiger partial charge in [-0.25, -0.2) is 4.79 Å². The summed E-state index contributed by atoms with van der Waals surface area (Å²) >= 11 is 0. The lowest BCUT2D eigenvalue weighted by Crippen LogP contribution is -2.12. The second-order valence-corrected chi connectivity index (χ2v) is 4.63. The van der Waals surface area contributed by atoms with Gasteiger partial charge in [-0.3, -0.25) is 4.99 Å². The lowest BCUT2D eigenvalue weighted by Gasteiger charge is -2.13. The fourth-order valence-electron chi connectivity index (χ4n) is 2.24. The molecule has 0 bridgehead atoms. The van der Waals surface area contributed by atoms with Gasteiger partial charge in [-0.1, -0.05) is 60.7 Å². The van der Waals surface area contributed by atoms with Crippen molar-refractivity contribution in [1.29, 1.82) is 0 Å². The van der Waals surface area contributed by atoms with Gasteiger partial charge >= 0.3 is 5.97 Å². The second kappa shape index (κ2) is 7.93. The predicted octanol–water partition coefficient (Wildman–Crippen LogP) is 3.75. The van der Waals surface area contributed by atoms with Crippen LogP contribution in [0.4, 0.5) is 0 Å². The minimum absolute atomic E-state index is 0.330. The van der Waals surface area contributed by atoms with Crippen LogP contribution in [0.1, 0.15) is 18.1 Å². The Morgan fingerprint density at radius 1 is 1.00 bits per heavy atom. The Morgan fingerprint density at radius 2 is 1.50 bits per heavy atom. The molecule has 0 aliphatic carbocycles. The van der Waals surface area contributed by atoms with Crippen LogP contribution in [0.3, 0.4) is 0 Å². The van der Waals surface area contributed by atoms with Gasteiger partial charge in [0.25, 0.3) is 0 Å². The number of esters is 1. The summed E-state index contributed by atoms with van der Waals surface area (Å²) in [4.78, 5) is 16.4. The molecular formula is C19H19NO2. The number of carbonyl (C=O) groups excluding carboxylic acids is 1. The topological polar surface area (TPSA) is 38.7 Å². The van der Waals surface area contributed by atoms with Gasteiger partial charge in [0, 0.05) is 18.8 Å². The predicted molar refractivity (Wildman–Crippen MR) is 90.0 cm³/mol. The van der Waals surface area contributed by atoms with Gasteiger partial charge in [-0.15, -0.1) is 0 Å². The highest BCUT2D eigenvalue weighted by atomic mass is 16.5. The van der Waals surface area contributed by atoms with Crippen molar-refractivity contribution in [3.8, 4) is 0 Å². The van der Waals surface area contributed by atoms with E-state index in [1.54, 1.807) is 20.2 Å². The molecule has 0 radical (unpaired) electrons. The average Bonchev–Trinajstić information content (AvgIpc) is 2.56. The van der Waals surface area contributed by atoms with Crippen LogP contribution in [-0.2, 0) is 9.53 Å². The molecule has 0 aliphatic heterocycles. The maximum atomic E-state index is 12.3. The van der Waals surface area contributed by atoms with Gasteiger partial charge in [-0.2, -0.15) is 0 Å². The van der Waals surface area contributed by atoms with Gasteiger partial charge in [-0.05, 0) is 18.1 Å². The molecule has 0 aromatic heterocycles. The molecule has 3 nitrogen and oxygen atoms in total. The molecule has 2 aromatic rings. The number of carbonyl (C=O) groups is 1. The van der Waals surface area contributed by atoms with Gasteiger partial charge in [0.2, 0.25) is 0 Å². The zero-order valence-electron chi connectivity index (χ0n) is 12.8. The summed E-state index contributed by atoms with van der Waals surface area (Å²) in [6.45, 7) is 2.13. The molecule has 112 valence electrons. The van der Waals surface area contributed by atoms with Crippen molar-refractivity contribution in [1.82, 2.24) is 0 Å². The van der Waals surface area contributed by atoms with E-state index in [1.807, 2.05) is 60.7 Å². The number of benzene rings is 2. The number of nitrogens with zero attached hydrogens (tertiary/aromatic N) is 1. The van der Waals surface area contributed by atoms with Crippen LogP contribution >= 0.6 is 0 Å². The molecule has 0 atom stereocenters. The number of ether oxygens (including phenoxy) is 1. The van der Waals surface area contributed by atoms with Crippen LogP contribution in [0.5, 0.6) is 0 Å². The van der Waals surface area contributed by atoms with Gasteiger partial charge in [0.15, 0.2) is 0 Å². The quantitative estimate of drug-likeness (QED) is 0.478. The Balaban J connectivity index is 2.69. The molecule has 0 fully saturated rings. The maximum absolute atomic E-state index is 12.3. The largest absolute Gasteiger partial charge is 0.462 e. The van der Waals surface area contributed by atoms with Gasteiger partial charge in [0.1, 0.15) is 0 Å². The summed E-state index contributed by atoms with van der Waals surface area (Å²) in [6, 6.07) is 19.6. The van der Waals surface area contributed by atoms with Crippen molar-refractivity contribution in [3.05, 3.63) is 77.4 Å². The SMILES string of the molecule is CCOC(=O)C(C=NC)=C(c1ccccc1)c1ccccc1. The van der Waals surface area contributed by atoms with E-state index in [0.717, 1.165) is 16.7 Å². The Hall–Kier alpha value is -2.68. The third-order valence-electron chi connectivity index (χ3n) is 3.15. The monoisotopic (exact) mass is 293 g/mol. The molecule has 2 rings (SSSR count). The highest BCUT2D eigenvalue weighted by Crippen LogP contribution is 2.27. The van der Waals surface area contributed by atoms with Crippen LogP contribution < -0.4 is 0 Å². The van der Waals surface area contributed by atoms with Crippen LogP contribution in [-0.4, -0.2) is 25.8 Å². The Kier molecular flexibility index (Phi) is 5.66. The van der Waals surface area contributed by atoms with Crippen molar-refractivity contribution in [2.24, 2.45) is 4.99 Å². The van der Waals surface area contributed by atoms with E-state index < -0.39 is 0 Å². The van der Waals surface area contributed by atoms with Crippen molar-refractivity contribution in [3.63, 3.8) is 0 Å². The fraction of sp³-hybridized carbons (Fsp3) is 0.158. The second-order valence-electron chi connectivity index (χ2n) is 4.63. The first-order chi connectivity index (χ1) is 10.8. The first-order valence-electron chi connectivity index (χ1n) is 7.22. The number of hydrogen-bond donors (Lipinski definition) is 0. The third-order valence-corrected chi connectivity index (χ3v) is 3.15. The summed E-state index contributed by atoms with van der Waals surface area (Å²) in [5.41, 5.74) is 3.19. The molecule has 2 aromatic carbocycles.